The Morgan fingerprint density at radius 3 is 2.50 bits per heavy atom. The average Bonchev–Trinajstić information content (AvgIpc) is 2.47. The molecule has 0 aliphatic carbocycles. The van der Waals surface area contributed by atoms with Gasteiger partial charge in [-0.05, 0) is 18.4 Å². The van der Waals surface area contributed by atoms with Crippen LogP contribution in [0.5, 0.6) is 0 Å². The van der Waals surface area contributed by atoms with Crippen molar-refractivity contribution in [2.75, 3.05) is 0 Å². The second kappa shape index (κ2) is 4.91. The SMILES string of the molecule is CC(n1c(=O)c(=O)[nH]c2c3ccccc3ccc21)P(=O)(O)O. The molecule has 0 bridgehead atoms. The highest BCUT2D eigenvalue weighted by atomic mass is 31.2. The number of fused-ring (bicyclic) bond motifs is 3. The van der Waals surface area contributed by atoms with Gasteiger partial charge in [0.25, 0.3) is 0 Å². The van der Waals surface area contributed by atoms with Crippen molar-refractivity contribution in [3.8, 4) is 0 Å². The lowest BCUT2D eigenvalue weighted by Crippen LogP contribution is -2.37. The third-order valence-corrected chi connectivity index (χ3v) is 4.88. The lowest BCUT2D eigenvalue weighted by atomic mass is 10.1. The molecule has 2 aromatic carbocycles. The standard InChI is InChI=1S/C14H13N2O5P/c1-8(22(19,20)21)16-11-7-6-9-4-2-3-5-10(9)12(11)15-13(17)14(16)18/h2-8H,1H3,(H,15,17)(H2,19,20,21). The van der Waals surface area contributed by atoms with Crippen molar-refractivity contribution in [2.24, 2.45) is 0 Å². The summed E-state index contributed by atoms with van der Waals surface area (Å²) in [4.78, 5) is 45.2. The molecule has 0 aliphatic rings. The minimum atomic E-state index is -4.58. The molecule has 1 heterocycles. The number of benzene rings is 2. The number of hydrogen-bond acceptors (Lipinski definition) is 3. The second-order valence-corrected chi connectivity index (χ2v) is 6.96. The Labute approximate surface area is 124 Å². The summed E-state index contributed by atoms with van der Waals surface area (Å²) in [6, 6.07) is 10.5. The fourth-order valence-electron chi connectivity index (χ4n) is 2.50. The van der Waals surface area contributed by atoms with Gasteiger partial charge < -0.3 is 14.8 Å². The molecule has 0 aliphatic heterocycles. The molecule has 0 amide bonds. The van der Waals surface area contributed by atoms with Gasteiger partial charge in [-0.1, -0.05) is 30.3 Å². The molecule has 0 saturated carbocycles. The summed E-state index contributed by atoms with van der Waals surface area (Å²) in [6.45, 7) is 1.22. The molecule has 1 unspecified atom stereocenters. The number of nitrogens with one attached hydrogen (secondary N) is 1. The van der Waals surface area contributed by atoms with Gasteiger partial charge >= 0.3 is 18.7 Å². The van der Waals surface area contributed by atoms with Crippen molar-refractivity contribution >= 4 is 29.4 Å². The van der Waals surface area contributed by atoms with Gasteiger partial charge in [0, 0.05) is 5.39 Å². The zero-order chi connectivity index (χ0) is 16.1. The van der Waals surface area contributed by atoms with E-state index in [2.05, 4.69) is 4.98 Å². The average molecular weight is 320 g/mol. The minimum Gasteiger partial charge on any atom is -0.323 e. The number of H-pyrrole nitrogens is 1. The molecule has 3 rings (SSSR count). The minimum absolute atomic E-state index is 0.277. The summed E-state index contributed by atoms with van der Waals surface area (Å²) >= 11 is 0. The van der Waals surface area contributed by atoms with Crippen molar-refractivity contribution in [2.45, 2.75) is 12.7 Å². The lowest BCUT2D eigenvalue weighted by Gasteiger charge is -2.19. The van der Waals surface area contributed by atoms with Crippen LogP contribution in [-0.2, 0) is 4.57 Å². The third-order valence-electron chi connectivity index (χ3n) is 3.68. The highest BCUT2D eigenvalue weighted by molar-refractivity contribution is 7.51. The van der Waals surface area contributed by atoms with Crippen LogP contribution in [0.4, 0.5) is 0 Å². The third kappa shape index (κ3) is 2.20. The summed E-state index contributed by atoms with van der Waals surface area (Å²) in [5.74, 6) is -1.43. The van der Waals surface area contributed by atoms with Crippen molar-refractivity contribution in [1.29, 1.82) is 0 Å². The highest BCUT2D eigenvalue weighted by Crippen LogP contribution is 2.48. The normalized spacial score (nSPS) is 13.6. The zero-order valence-electron chi connectivity index (χ0n) is 11.6. The highest BCUT2D eigenvalue weighted by Gasteiger charge is 2.28. The number of aromatic amines is 1. The molecule has 1 atom stereocenters. The smallest absolute Gasteiger partial charge is 0.323 e. The van der Waals surface area contributed by atoms with E-state index >= 15 is 0 Å². The van der Waals surface area contributed by atoms with E-state index in [1.165, 1.54) is 6.92 Å². The Morgan fingerprint density at radius 2 is 1.82 bits per heavy atom. The van der Waals surface area contributed by atoms with Crippen LogP contribution in [0.15, 0.2) is 46.0 Å². The molecule has 1 aromatic heterocycles. The molecule has 0 fully saturated rings. The molecular formula is C14H13N2O5P. The van der Waals surface area contributed by atoms with Crippen LogP contribution in [0.1, 0.15) is 12.7 Å². The summed E-state index contributed by atoms with van der Waals surface area (Å²) in [6.07, 6.45) is 0. The fraction of sp³-hybridized carbons (Fsp3) is 0.143. The molecule has 3 aromatic rings. The number of hydrogen-bond donors (Lipinski definition) is 3. The van der Waals surface area contributed by atoms with Crippen LogP contribution < -0.4 is 11.1 Å². The predicted octanol–water partition coefficient (Wildman–Crippen LogP) is 1.54. The molecule has 22 heavy (non-hydrogen) atoms. The van der Waals surface area contributed by atoms with E-state index in [0.717, 1.165) is 9.95 Å². The van der Waals surface area contributed by atoms with Gasteiger partial charge in [0.1, 0.15) is 5.78 Å². The molecule has 7 nitrogen and oxygen atoms in total. The first-order valence-electron chi connectivity index (χ1n) is 6.52. The largest absolute Gasteiger partial charge is 0.347 e. The first-order valence-corrected chi connectivity index (χ1v) is 8.20. The van der Waals surface area contributed by atoms with E-state index in [9.17, 15) is 23.9 Å². The van der Waals surface area contributed by atoms with E-state index in [4.69, 9.17) is 0 Å². The molecule has 0 saturated heterocycles. The van der Waals surface area contributed by atoms with Crippen molar-refractivity contribution in [1.82, 2.24) is 9.55 Å². The van der Waals surface area contributed by atoms with Crippen molar-refractivity contribution < 1.29 is 14.4 Å². The number of nitrogens with zero attached hydrogens (tertiary/aromatic N) is 1. The van der Waals surface area contributed by atoms with Crippen LogP contribution in [0.2, 0.25) is 0 Å². The maximum atomic E-state index is 12.1. The maximum Gasteiger partial charge on any atom is 0.347 e. The Bertz CT molecular complexity index is 1050. The van der Waals surface area contributed by atoms with Crippen molar-refractivity contribution in [3.63, 3.8) is 0 Å². The van der Waals surface area contributed by atoms with Crippen LogP contribution >= 0.6 is 7.60 Å². The Balaban J connectivity index is 2.54. The molecule has 3 N–H and O–H groups in total. The number of aromatic nitrogens is 2. The van der Waals surface area contributed by atoms with Gasteiger partial charge in [-0.2, -0.15) is 0 Å². The Kier molecular flexibility index (Phi) is 3.29. The second-order valence-electron chi connectivity index (χ2n) is 5.03. The quantitative estimate of drug-likeness (QED) is 0.377. The van der Waals surface area contributed by atoms with Gasteiger partial charge in [0.2, 0.25) is 0 Å². The number of rotatable bonds is 2. The van der Waals surface area contributed by atoms with Gasteiger partial charge in [0.15, 0.2) is 0 Å². The monoisotopic (exact) mass is 320 g/mol. The maximum absolute atomic E-state index is 12.1. The zero-order valence-corrected chi connectivity index (χ0v) is 12.4. The van der Waals surface area contributed by atoms with E-state index in [1.807, 2.05) is 12.1 Å². The predicted molar refractivity (Wildman–Crippen MR) is 83.1 cm³/mol. The molecule has 0 radical (unpaired) electrons. The molecule has 114 valence electrons. The van der Waals surface area contributed by atoms with Crippen LogP contribution in [-0.4, -0.2) is 19.3 Å². The van der Waals surface area contributed by atoms with Gasteiger partial charge in [-0.3, -0.25) is 18.7 Å². The van der Waals surface area contributed by atoms with Gasteiger partial charge in [-0.15, -0.1) is 0 Å². The van der Waals surface area contributed by atoms with E-state index in [1.54, 1.807) is 24.3 Å². The Hall–Kier alpha value is -2.21. The summed E-state index contributed by atoms with van der Waals surface area (Å²) in [5, 5.41) is 1.54. The van der Waals surface area contributed by atoms with E-state index < -0.39 is 24.5 Å². The molecule has 8 heteroatoms. The van der Waals surface area contributed by atoms with Crippen molar-refractivity contribution in [3.05, 3.63) is 57.1 Å². The van der Waals surface area contributed by atoms with Crippen LogP contribution in [0.3, 0.4) is 0 Å². The van der Waals surface area contributed by atoms with Gasteiger partial charge in [-0.25, -0.2) is 0 Å². The molecular weight excluding hydrogens is 307 g/mol. The summed E-state index contributed by atoms with van der Waals surface area (Å²) < 4.78 is 12.4. The summed E-state index contributed by atoms with van der Waals surface area (Å²) in [5.41, 5.74) is -1.25. The molecule has 0 spiro atoms. The van der Waals surface area contributed by atoms with Crippen LogP contribution in [0, 0.1) is 0 Å². The fourth-order valence-corrected chi connectivity index (χ4v) is 3.03. The topological polar surface area (TPSA) is 112 Å². The summed E-state index contributed by atoms with van der Waals surface area (Å²) in [7, 11) is -4.58. The first kappa shape index (κ1) is 14.7. The Morgan fingerprint density at radius 1 is 1.14 bits per heavy atom. The van der Waals surface area contributed by atoms with E-state index in [-0.39, 0.29) is 5.52 Å². The van der Waals surface area contributed by atoms with Crippen LogP contribution in [0.25, 0.3) is 21.8 Å². The lowest BCUT2D eigenvalue weighted by molar-refractivity contribution is 0.346. The van der Waals surface area contributed by atoms with Gasteiger partial charge in [0.05, 0.1) is 11.0 Å². The first-order chi connectivity index (χ1) is 10.3. The van der Waals surface area contributed by atoms with E-state index in [0.29, 0.717) is 10.9 Å².